The summed E-state index contributed by atoms with van der Waals surface area (Å²) in [7, 11) is -3.53. The highest BCUT2D eigenvalue weighted by atomic mass is 32.2. The lowest BCUT2D eigenvalue weighted by Crippen LogP contribution is -2.34. The van der Waals surface area contributed by atoms with Crippen molar-refractivity contribution in [2.24, 2.45) is 0 Å². The molecule has 1 heterocycles. The van der Waals surface area contributed by atoms with E-state index in [-0.39, 0.29) is 29.0 Å². The normalized spacial score (nSPS) is 18.9. The zero-order chi connectivity index (χ0) is 21.8. The summed E-state index contributed by atoms with van der Waals surface area (Å²) in [6, 6.07) is 13.6. The summed E-state index contributed by atoms with van der Waals surface area (Å²) in [5, 5.41) is 2.94. The number of fused-ring (bicyclic) bond motifs is 1. The Kier molecular flexibility index (Phi) is 6.38. The van der Waals surface area contributed by atoms with Crippen LogP contribution in [0.25, 0.3) is 0 Å². The molecule has 1 fully saturated rings. The summed E-state index contributed by atoms with van der Waals surface area (Å²) >= 11 is 0. The molecule has 0 radical (unpaired) electrons. The maximum absolute atomic E-state index is 12.6. The van der Waals surface area contributed by atoms with Crippen LogP contribution in [0, 0.1) is 0 Å². The number of sulfonamides is 1. The van der Waals surface area contributed by atoms with Crippen LogP contribution in [0.1, 0.15) is 53.2 Å². The lowest BCUT2D eigenvalue weighted by Gasteiger charge is -2.26. The smallest absolute Gasteiger partial charge is 0.338 e. The van der Waals surface area contributed by atoms with Gasteiger partial charge in [-0.2, -0.15) is 4.31 Å². The van der Waals surface area contributed by atoms with Crippen molar-refractivity contribution < 1.29 is 22.7 Å². The molecule has 2 aromatic rings. The average molecular weight is 443 g/mol. The van der Waals surface area contributed by atoms with E-state index in [2.05, 4.69) is 11.4 Å². The molecule has 2 aromatic carbocycles. The Morgan fingerprint density at radius 1 is 1.00 bits per heavy atom. The first-order chi connectivity index (χ1) is 14.9. The number of esters is 1. The van der Waals surface area contributed by atoms with Gasteiger partial charge in [0.05, 0.1) is 16.5 Å². The second kappa shape index (κ2) is 9.20. The van der Waals surface area contributed by atoms with Gasteiger partial charge >= 0.3 is 5.97 Å². The van der Waals surface area contributed by atoms with Crippen LogP contribution in [0.3, 0.4) is 0 Å². The van der Waals surface area contributed by atoms with Gasteiger partial charge in [0.15, 0.2) is 6.61 Å². The van der Waals surface area contributed by atoms with Crippen LogP contribution in [-0.2, 0) is 26.0 Å². The Morgan fingerprint density at radius 3 is 2.45 bits per heavy atom. The fourth-order valence-corrected chi connectivity index (χ4v) is 5.71. The van der Waals surface area contributed by atoms with Gasteiger partial charge in [-0.05, 0) is 67.5 Å². The van der Waals surface area contributed by atoms with Crippen LogP contribution in [-0.4, -0.2) is 44.3 Å². The number of rotatable bonds is 6. The van der Waals surface area contributed by atoms with Crippen molar-refractivity contribution in [2.45, 2.75) is 43.0 Å². The fourth-order valence-electron chi connectivity index (χ4n) is 4.19. The number of nitrogens with zero attached hydrogens (tertiary/aromatic N) is 1. The predicted molar refractivity (Wildman–Crippen MR) is 115 cm³/mol. The molecule has 4 rings (SSSR count). The van der Waals surface area contributed by atoms with Crippen molar-refractivity contribution in [2.75, 3.05) is 19.7 Å². The van der Waals surface area contributed by atoms with Crippen LogP contribution in [0.2, 0.25) is 0 Å². The number of ether oxygens (including phenoxy) is 1. The molecule has 1 unspecified atom stereocenters. The molecule has 7 nitrogen and oxygen atoms in total. The topological polar surface area (TPSA) is 92.8 Å². The third kappa shape index (κ3) is 4.80. The van der Waals surface area contributed by atoms with Crippen LogP contribution >= 0.6 is 0 Å². The maximum Gasteiger partial charge on any atom is 0.338 e. The first kappa shape index (κ1) is 21.5. The third-order valence-corrected chi connectivity index (χ3v) is 7.74. The summed E-state index contributed by atoms with van der Waals surface area (Å²) in [6.07, 6.45) is 4.56. The summed E-state index contributed by atoms with van der Waals surface area (Å²) < 4.78 is 31.7. The molecular formula is C23H26N2O5S. The van der Waals surface area contributed by atoms with Gasteiger partial charge in [0.25, 0.3) is 5.91 Å². The van der Waals surface area contributed by atoms with E-state index in [0.29, 0.717) is 13.1 Å². The number of carbonyl (C=O) groups is 2. The quantitative estimate of drug-likeness (QED) is 0.695. The summed E-state index contributed by atoms with van der Waals surface area (Å²) in [6.45, 7) is 0.657. The Labute approximate surface area is 182 Å². The molecule has 1 atom stereocenters. The molecule has 0 bridgehead atoms. The fraction of sp³-hybridized carbons (Fsp3) is 0.391. The van der Waals surface area contributed by atoms with Crippen LogP contribution in [0.15, 0.2) is 53.4 Å². The number of carbonyl (C=O) groups excluding carboxylic acids is 2. The molecule has 31 heavy (non-hydrogen) atoms. The Morgan fingerprint density at radius 2 is 1.71 bits per heavy atom. The highest BCUT2D eigenvalue weighted by Gasteiger charge is 2.27. The minimum absolute atomic E-state index is 0.0776. The maximum atomic E-state index is 12.6. The van der Waals surface area contributed by atoms with Crippen molar-refractivity contribution in [3.05, 3.63) is 65.2 Å². The summed E-state index contributed by atoms with van der Waals surface area (Å²) in [5.41, 5.74) is 2.56. The highest BCUT2D eigenvalue weighted by Crippen LogP contribution is 2.29. The van der Waals surface area contributed by atoms with Crippen LogP contribution in [0.5, 0.6) is 0 Å². The van der Waals surface area contributed by atoms with E-state index in [1.54, 1.807) is 0 Å². The minimum atomic E-state index is -3.53. The molecule has 1 amide bonds. The van der Waals surface area contributed by atoms with E-state index in [1.165, 1.54) is 34.1 Å². The van der Waals surface area contributed by atoms with Gasteiger partial charge in [-0.3, -0.25) is 4.79 Å². The van der Waals surface area contributed by atoms with E-state index >= 15 is 0 Å². The van der Waals surface area contributed by atoms with Gasteiger partial charge in [0.2, 0.25) is 10.0 Å². The number of aryl methyl sites for hydroxylation is 1. The van der Waals surface area contributed by atoms with Gasteiger partial charge in [-0.25, -0.2) is 13.2 Å². The van der Waals surface area contributed by atoms with E-state index in [4.69, 9.17) is 4.74 Å². The molecular weight excluding hydrogens is 416 g/mol. The van der Waals surface area contributed by atoms with Crippen LogP contribution in [0.4, 0.5) is 0 Å². The predicted octanol–water partition coefficient (Wildman–Crippen LogP) is 2.82. The van der Waals surface area contributed by atoms with Gasteiger partial charge < -0.3 is 10.1 Å². The summed E-state index contributed by atoms with van der Waals surface area (Å²) in [4.78, 5) is 24.8. The van der Waals surface area contributed by atoms with Gasteiger partial charge in [0, 0.05) is 13.1 Å². The van der Waals surface area contributed by atoms with Crippen molar-refractivity contribution in [3.8, 4) is 0 Å². The number of hydrogen-bond donors (Lipinski definition) is 1. The summed E-state index contributed by atoms with van der Waals surface area (Å²) in [5.74, 6) is -1.02. The molecule has 0 spiro atoms. The monoisotopic (exact) mass is 442 g/mol. The van der Waals surface area contributed by atoms with Gasteiger partial charge in [0.1, 0.15) is 0 Å². The lowest BCUT2D eigenvalue weighted by molar-refractivity contribution is -0.125. The minimum Gasteiger partial charge on any atom is -0.452 e. The Balaban J connectivity index is 1.32. The molecule has 1 aliphatic carbocycles. The number of amides is 1. The molecule has 0 saturated carbocycles. The first-order valence-corrected chi connectivity index (χ1v) is 12.0. The number of nitrogens with one attached hydrogen (secondary N) is 1. The number of benzene rings is 2. The van der Waals surface area contributed by atoms with Crippen molar-refractivity contribution in [1.29, 1.82) is 0 Å². The molecule has 8 heteroatoms. The largest absolute Gasteiger partial charge is 0.452 e. The Hall–Kier alpha value is -2.71. The van der Waals surface area contributed by atoms with Gasteiger partial charge in [-0.1, -0.05) is 24.3 Å². The molecule has 0 aromatic heterocycles. The zero-order valence-electron chi connectivity index (χ0n) is 17.2. The lowest BCUT2D eigenvalue weighted by atomic mass is 9.88. The third-order valence-electron chi connectivity index (χ3n) is 5.83. The van der Waals surface area contributed by atoms with Crippen LogP contribution < -0.4 is 5.32 Å². The van der Waals surface area contributed by atoms with E-state index in [9.17, 15) is 18.0 Å². The Bertz CT molecular complexity index is 1060. The van der Waals surface area contributed by atoms with Crippen molar-refractivity contribution in [1.82, 2.24) is 9.62 Å². The first-order valence-electron chi connectivity index (χ1n) is 10.6. The molecule has 1 aliphatic heterocycles. The molecule has 1 saturated heterocycles. The number of hydrogen-bond acceptors (Lipinski definition) is 5. The van der Waals surface area contributed by atoms with Crippen molar-refractivity contribution >= 4 is 21.9 Å². The molecule has 2 aliphatic rings. The van der Waals surface area contributed by atoms with Crippen molar-refractivity contribution in [3.63, 3.8) is 0 Å². The van der Waals surface area contributed by atoms with E-state index in [1.807, 2.05) is 18.2 Å². The molecule has 1 N–H and O–H groups in total. The highest BCUT2D eigenvalue weighted by molar-refractivity contribution is 7.89. The SMILES string of the molecule is O=C(COC(=O)c1ccc(S(=O)(=O)N2CCCC2)cc1)NC1CCCc2ccccc21. The average Bonchev–Trinajstić information content (AvgIpc) is 3.34. The molecule has 164 valence electrons. The second-order valence-electron chi connectivity index (χ2n) is 7.92. The standard InChI is InChI=1S/C23H26N2O5S/c26-22(24-21-9-5-7-17-6-1-2-8-20(17)21)16-30-23(27)18-10-12-19(13-11-18)31(28,29)25-14-3-4-15-25/h1-2,6,8,10-13,21H,3-5,7,9,14-16H2,(H,24,26). The van der Waals surface area contributed by atoms with Gasteiger partial charge in [-0.15, -0.1) is 0 Å². The van der Waals surface area contributed by atoms with E-state index in [0.717, 1.165) is 37.7 Å². The zero-order valence-corrected chi connectivity index (χ0v) is 18.1. The van der Waals surface area contributed by atoms with E-state index < -0.39 is 16.0 Å². The second-order valence-corrected chi connectivity index (χ2v) is 9.86.